The Labute approximate surface area is 118 Å². The van der Waals surface area contributed by atoms with E-state index in [2.05, 4.69) is 11.9 Å². The predicted octanol–water partition coefficient (Wildman–Crippen LogP) is 2.43. The second-order valence-corrected chi connectivity index (χ2v) is 5.33. The molecule has 1 atom stereocenters. The number of thiazole rings is 1. The van der Waals surface area contributed by atoms with Crippen molar-refractivity contribution >= 4 is 29.7 Å². The number of likely N-dealkylation sites (tertiary alicyclic amines) is 1. The van der Waals surface area contributed by atoms with Gasteiger partial charge in [0.2, 0.25) is 0 Å². The van der Waals surface area contributed by atoms with Gasteiger partial charge in [0.25, 0.3) is 5.91 Å². The highest BCUT2D eigenvalue weighted by atomic mass is 35.5. The Morgan fingerprint density at radius 3 is 3.00 bits per heavy atom. The van der Waals surface area contributed by atoms with Crippen LogP contribution in [-0.4, -0.2) is 28.4 Å². The molecule has 0 saturated carbocycles. The number of amides is 1. The van der Waals surface area contributed by atoms with Crippen molar-refractivity contribution in [3.63, 3.8) is 0 Å². The zero-order chi connectivity index (χ0) is 12.3. The summed E-state index contributed by atoms with van der Waals surface area (Å²) in [7, 11) is 0. The summed E-state index contributed by atoms with van der Waals surface area (Å²) in [4.78, 5) is 18.6. The first-order chi connectivity index (χ1) is 8.26. The highest BCUT2D eigenvalue weighted by molar-refractivity contribution is 7.09. The van der Waals surface area contributed by atoms with Crippen LogP contribution in [0.2, 0.25) is 0 Å². The molecule has 1 fully saturated rings. The van der Waals surface area contributed by atoms with Crippen molar-refractivity contribution < 1.29 is 4.79 Å². The summed E-state index contributed by atoms with van der Waals surface area (Å²) < 4.78 is 0. The Kier molecular flexibility index (Phi) is 6.05. The lowest BCUT2D eigenvalue weighted by molar-refractivity contribution is 0.0602. The average Bonchev–Trinajstić information content (AvgIpc) is 2.86. The highest BCUT2D eigenvalue weighted by Crippen LogP contribution is 2.22. The van der Waals surface area contributed by atoms with Crippen LogP contribution in [0.25, 0.3) is 0 Å². The van der Waals surface area contributed by atoms with Gasteiger partial charge in [0, 0.05) is 24.5 Å². The smallest absolute Gasteiger partial charge is 0.273 e. The molecule has 0 spiro atoms. The maximum Gasteiger partial charge on any atom is 0.273 e. The third-order valence-electron chi connectivity index (χ3n) is 3.30. The number of nitrogens with zero attached hydrogens (tertiary/aromatic N) is 2. The Bertz CT molecular complexity index is 396. The van der Waals surface area contributed by atoms with Gasteiger partial charge in [0.05, 0.1) is 0 Å². The molecule has 1 aromatic heterocycles. The Balaban J connectivity index is 0.00000162. The quantitative estimate of drug-likeness (QED) is 0.930. The zero-order valence-corrected chi connectivity index (χ0v) is 12.2. The number of carbonyl (C=O) groups is 1. The highest BCUT2D eigenvalue weighted by Gasteiger charge is 2.27. The number of halogens is 1. The predicted molar refractivity (Wildman–Crippen MR) is 76.2 cm³/mol. The van der Waals surface area contributed by atoms with Crippen LogP contribution in [0.15, 0.2) is 5.38 Å². The zero-order valence-electron chi connectivity index (χ0n) is 10.6. The molecule has 1 aliphatic heterocycles. The van der Waals surface area contributed by atoms with E-state index >= 15 is 0 Å². The second-order valence-electron chi connectivity index (χ2n) is 4.39. The summed E-state index contributed by atoms with van der Waals surface area (Å²) in [6.07, 6.45) is 4.49. The molecule has 2 heterocycles. The van der Waals surface area contributed by atoms with Crippen LogP contribution in [0.5, 0.6) is 0 Å². The molecular formula is C12H20ClN3OS. The lowest BCUT2D eigenvalue weighted by Crippen LogP contribution is -2.43. The molecule has 4 nitrogen and oxygen atoms in total. The minimum atomic E-state index is 0. The molecule has 102 valence electrons. The molecule has 18 heavy (non-hydrogen) atoms. The van der Waals surface area contributed by atoms with E-state index in [1.54, 1.807) is 0 Å². The monoisotopic (exact) mass is 289 g/mol. The maximum absolute atomic E-state index is 12.3. The fraction of sp³-hybridized carbons (Fsp3) is 0.667. The molecule has 1 unspecified atom stereocenters. The van der Waals surface area contributed by atoms with Crippen LogP contribution in [0.3, 0.4) is 0 Å². The van der Waals surface area contributed by atoms with E-state index in [9.17, 15) is 4.79 Å². The molecule has 0 aromatic carbocycles. The molecule has 2 rings (SSSR count). The maximum atomic E-state index is 12.3. The molecule has 6 heteroatoms. The third-order valence-corrected chi connectivity index (χ3v) is 4.18. The normalized spacial score (nSPS) is 19.4. The summed E-state index contributed by atoms with van der Waals surface area (Å²) >= 11 is 1.47. The van der Waals surface area contributed by atoms with Gasteiger partial charge < -0.3 is 10.6 Å². The summed E-state index contributed by atoms with van der Waals surface area (Å²) in [5.41, 5.74) is 6.08. The Morgan fingerprint density at radius 1 is 1.61 bits per heavy atom. The van der Waals surface area contributed by atoms with Gasteiger partial charge >= 0.3 is 0 Å². The fourth-order valence-electron chi connectivity index (χ4n) is 2.34. The van der Waals surface area contributed by atoms with Gasteiger partial charge in [-0.1, -0.05) is 6.92 Å². The number of aromatic nitrogens is 1. The standard InChI is InChI=1S/C12H19N3OS.ClH/c1-2-9-5-3-4-6-15(9)12(16)10-8-17-11(7-13)14-10;/h8-9H,2-7,13H2,1H3;1H. The van der Waals surface area contributed by atoms with Crippen LogP contribution in [0.4, 0.5) is 0 Å². The van der Waals surface area contributed by atoms with E-state index in [4.69, 9.17) is 5.73 Å². The number of hydrogen-bond acceptors (Lipinski definition) is 4. The molecule has 0 aliphatic carbocycles. The molecule has 0 bridgehead atoms. The molecule has 1 aromatic rings. The number of hydrogen-bond donors (Lipinski definition) is 1. The number of nitrogens with two attached hydrogens (primary N) is 1. The first-order valence-electron chi connectivity index (χ1n) is 6.21. The number of piperidine rings is 1. The van der Waals surface area contributed by atoms with Crippen LogP contribution >= 0.6 is 23.7 Å². The van der Waals surface area contributed by atoms with E-state index in [1.165, 1.54) is 17.8 Å². The molecular weight excluding hydrogens is 270 g/mol. The molecule has 2 N–H and O–H groups in total. The van der Waals surface area contributed by atoms with Gasteiger partial charge in [-0.05, 0) is 25.7 Å². The molecule has 1 amide bonds. The van der Waals surface area contributed by atoms with Crippen molar-refractivity contribution in [1.29, 1.82) is 0 Å². The minimum absolute atomic E-state index is 0. The Hall–Kier alpha value is -0.650. The van der Waals surface area contributed by atoms with Gasteiger partial charge in [-0.25, -0.2) is 4.98 Å². The average molecular weight is 290 g/mol. The van der Waals surface area contributed by atoms with E-state index in [-0.39, 0.29) is 18.3 Å². The lowest BCUT2D eigenvalue weighted by Gasteiger charge is -2.34. The number of rotatable bonds is 3. The van der Waals surface area contributed by atoms with Gasteiger partial charge in [-0.2, -0.15) is 0 Å². The van der Waals surface area contributed by atoms with Gasteiger partial charge in [0.1, 0.15) is 10.7 Å². The molecule has 1 saturated heterocycles. The van der Waals surface area contributed by atoms with Crippen LogP contribution < -0.4 is 5.73 Å². The van der Waals surface area contributed by atoms with Crippen molar-refractivity contribution in [2.45, 2.75) is 45.2 Å². The van der Waals surface area contributed by atoms with Crippen molar-refractivity contribution in [2.75, 3.05) is 6.54 Å². The van der Waals surface area contributed by atoms with Crippen LogP contribution in [0.1, 0.15) is 48.1 Å². The van der Waals surface area contributed by atoms with E-state index < -0.39 is 0 Å². The van der Waals surface area contributed by atoms with Gasteiger partial charge in [-0.3, -0.25) is 4.79 Å². The fourth-order valence-corrected chi connectivity index (χ4v) is 2.99. The molecule has 1 aliphatic rings. The second kappa shape index (κ2) is 7.07. The summed E-state index contributed by atoms with van der Waals surface area (Å²) in [5.74, 6) is 0.0764. The first-order valence-corrected chi connectivity index (χ1v) is 7.09. The summed E-state index contributed by atoms with van der Waals surface area (Å²) in [5, 5.41) is 2.66. The first kappa shape index (κ1) is 15.4. The van der Waals surface area contributed by atoms with E-state index in [1.807, 2.05) is 10.3 Å². The van der Waals surface area contributed by atoms with E-state index in [0.717, 1.165) is 30.8 Å². The Morgan fingerprint density at radius 2 is 2.39 bits per heavy atom. The number of carbonyl (C=O) groups excluding carboxylic acids is 1. The largest absolute Gasteiger partial charge is 0.334 e. The van der Waals surface area contributed by atoms with Crippen molar-refractivity contribution in [1.82, 2.24) is 9.88 Å². The van der Waals surface area contributed by atoms with Crippen molar-refractivity contribution in [3.05, 3.63) is 16.1 Å². The van der Waals surface area contributed by atoms with Crippen LogP contribution in [-0.2, 0) is 6.54 Å². The lowest BCUT2D eigenvalue weighted by atomic mass is 10.00. The van der Waals surface area contributed by atoms with Crippen molar-refractivity contribution in [2.24, 2.45) is 5.73 Å². The minimum Gasteiger partial charge on any atom is -0.334 e. The van der Waals surface area contributed by atoms with Gasteiger partial charge in [0.15, 0.2) is 0 Å². The van der Waals surface area contributed by atoms with Crippen LogP contribution in [0, 0.1) is 0 Å². The molecule has 0 radical (unpaired) electrons. The summed E-state index contributed by atoms with van der Waals surface area (Å²) in [6.45, 7) is 3.42. The third kappa shape index (κ3) is 3.22. The van der Waals surface area contributed by atoms with Crippen molar-refractivity contribution in [3.8, 4) is 0 Å². The van der Waals surface area contributed by atoms with Gasteiger partial charge in [-0.15, -0.1) is 23.7 Å². The topological polar surface area (TPSA) is 59.2 Å². The SMILES string of the molecule is CCC1CCCCN1C(=O)c1csc(CN)n1.Cl. The van der Waals surface area contributed by atoms with E-state index in [0.29, 0.717) is 18.3 Å². The summed E-state index contributed by atoms with van der Waals surface area (Å²) in [6, 6.07) is 0.388.